The third-order valence-corrected chi connectivity index (χ3v) is 3.03. The molecule has 1 aliphatic rings. The Morgan fingerprint density at radius 2 is 2.27 bits per heavy atom. The van der Waals surface area contributed by atoms with Gasteiger partial charge in [0.05, 0.1) is 5.84 Å². The molecule has 4 heteroatoms. The van der Waals surface area contributed by atoms with Gasteiger partial charge in [0, 0.05) is 12.5 Å². The summed E-state index contributed by atoms with van der Waals surface area (Å²) < 4.78 is 0. The van der Waals surface area contributed by atoms with Crippen LogP contribution in [0, 0.1) is 11.3 Å². The summed E-state index contributed by atoms with van der Waals surface area (Å²) in [6.07, 6.45) is 3.49. The molecule has 1 atom stereocenters. The highest BCUT2D eigenvalue weighted by molar-refractivity contribution is 5.79. The molecule has 0 aromatic heterocycles. The van der Waals surface area contributed by atoms with E-state index in [1.807, 2.05) is 0 Å². The Morgan fingerprint density at radius 1 is 1.53 bits per heavy atom. The SMILES string of the molecule is CN(C)CCCN1CCCC(C(=N)N)C1. The molecule has 15 heavy (non-hydrogen) atoms. The molecule has 0 saturated carbocycles. The third kappa shape index (κ3) is 4.62. The minimum absolute atomic E-state index is 0.304. The van der Waals surface area contributed by atoms with Gasteiger partial charge in [-0.2, -0.15) is 0 Å². The molecule has 3 N–H and O–H groups in total. The van der Waals surface area contributed by atoms with Gasteiger partial charge in [0.15, 0.2) is 0 Å². The minimum Gasteiger partial charge on any atom is -0.387 e. The third-order valence-electron chi connectivity index (χ3n) is 3.03. The lowest BCUT2D eigenvalue weighted by molar-refractivity contribution is 0.194. The van der Waals surface area contributed by atoms with E-state index in [4.69, 9.17) is 11.1 Å². The highest BCUT2D eigenvalue weighted by Crippen LogP contribution is 2.16. The molecule has 0 aromatic rings. The average molecular weight is 212 g/mol. The Balaban J connectivity index is 2.21. The first-order valence-electron chi connectivity index (χ1n) is 5.80. The van der Waals surface area contributed by atoms with Crippen LogP contribution in [0.2, 0.25) is 0 Å². The maximum atomic E-state index is 7.47. The molecule has 1 unspecified atom stereocenters. The number of amidine groups is 1. The predicted molar refractivity (Wildman–Crippen MR) is 64.2 cm³/mol. The van der Waals surface area contributed by atoms with E-state index in [1.165, 1.54) is 19.4 Å². The molecule has 1 rings (SSSR count). The van der Waals surface area contributed by atoms with Crippen LogP contribution in [0.4, 0.5) is 0 Å². The van der Waals surface area contributed by atoms with Crippen LogP contribution in [0.3, 0.4) is 0 Å². The van der Waals surface area contributed by atoms with Crippen molar-refractivity contribution in [1.82, 2.24) is 9.80 Å². The summed E-state index contributed by atoms with van der Waals surface area (Å²) in [6.45, 7) is 4.45. The largest absolute Gasteiger partial charge is 0.387 e. The Hall–Kier alpha value is -0.610. The Morgan fingerprint density at radius 3 is 2.87 bits per heavy atom. The summed E-state index contributed by atoms with van der Waals surface area (Å²) in [7, 11) is 4.21. The summed E-state index contributed by atoms with van der Waals surface area (Å²) in [6, 6.07) is 0. The quantitative estimate of drug-likeness (QED) is 0.518. The normalized spacial score (nSPS) is 23.3. The van der Waals surface area contributed by atoms with E-state index >= 15 is 0 Å². The van der Waals surface area contributed by atoms with Crippen molar-refractivity contribution in [2.45, 2.75) is 19.3 Å². The number of nitrogens with two attached hydrogens (primary N) is 1. The zero-order chi connectivity index (χ0) is 11.3. The van der Waals surface area contributed by atoms with Crippen molar-refractivity contribution in [3.63, 3.8) is 0 Å². The van der Waals surface area contributed by atoms with E-state index in [-0.39, 0.29) is 0 Å². The van der Waals surface area contributed by atoms with Gasteiger partial charge in [-0.25, -0.2) is 0 Å². The zero-order valence-electron chi connectivity index (χ0n) is 10.00. The predicted octanol–water partition coefficient (Wildman–Crippen LogP) is 0.586. The van der Waals surface area contributed by atoms with Gasteiger partial charge in [-0.1, -0.05) is 0 Å². The van der Waals surface area contributed by atoms with Crippen molar-refractivity contribution in [3.05, 3.63) is 0 Å². The number of nitrogens with zero attached hydrogens (tertiary/aromatic N) is 2. The number of likely N-dealkylation sites (tertiary alicyclic amines) is 1. The lowest BCUT2D eigenvalue weighted by atomic mass is 9.97. The van der Waals surface area contributed by atoms with E-state index in [0.717, 1.165) is 26.1 Å². The molecule has 1 saturated heterocycles. The molecular formula is C11H24N4. The first kappa shape index (κ1) is 12.5. The summed E-state index contributed by atoms with van der Waals surface area (Å²) in [4.78, 5) is 4.66. The Bertz CT molecular complexity index is 203. The molecule has 0 bridgehead atoms. The monoisotopic (exact) mass is 212 g/mol. The van der Waals surface area contributed by atoms with Crippen molar-refractivity contribution in [2.24, 2.45) is 11.7 Å². The molecule has 0 radical (unpaired) electrons. The zero-order valence-corrected chi connectivity index (χ0v) is 10.00. The number of hydrogen-bond acceptors (Lipinski definition) is 3. The topological polar surface area (TPSA) is 56.4 Å². The van der Waals surface area contributed by atoms with Crippen molar-refractivity contribution >= 4 is 5.84 Å². The second kappa shape index (κ2) is 6.08. The fourth-order valence-corrected chi connectivity index (χ4v) is 2.12. The van der Waals surface area contributed by atoms with Gasteiger partial charge in [-0.15, -0.1) is 0 Å². The molecule has 0 aromatic carbocycles. The fourth-order valence-electron chi connectivity index (χ4n) is 2.12. The number of nitrogens with one attached hydrogen (secondary N) is 1. The highest BCUT2D eigenvalue weighted by atomic mass is 15.1. The average Bonchev–Trinajstić information content (AvgIpc) is 2.17. The second-order valence-corrected chi connectivity index (χ2v) is 4.75. The molecule has 0 amide bonds. The van der Waals surface area contributed by atoms with E-state index in [0.29, 0.717) is 11.8 Å². The van der Waals surface area contributed by atoms with Crippen LogP contribution >= 0.6 is 0 Å². The summed E-state index contributed by atoms with van der Waals surface area (Å²) >= 11 is 0. The van der Waals surface area contributed by atoms with Crippen LogP contribution < -0.4 is 5.73 Å². The van der Waals surface area contributed by atoms with Crippen molar-refractivity contribution in [3.8, 4) is 0 Å². The minimum atomic E-state index is 0.304. The summed E-state index contributed by atoms with van der Waals surface area (Å²) in [5, 5.41) is 7.47. The van der Waals surface area contributed by atoms with Crippen molar-refractivity contribution in [2.75, 3.05) is 40.3 Å². The second-order valence-electron chi connectivity index (χ2n) is 4.75. The van der Waals surface area contributed by atoms with Crippen LogP contribution in [-0.4, -0.2) is 55.9 Å². The van der Waals surface area contributed by atoms with Crippen LogP contribution in [0.5, 0.6) is 0 Å². The van der Waals surface area contributed by atoms with Gasteiger partial charge >= 0.3 is 0 Å². The highest BCUT2D eigenvalue weighted by Gasteiger charge is 2.21. The Kier molecular flexibility index (Phi) is 5.05. The number of rotatable bonds is 5. The lowest BCUT2D eigenvalue weighted by Gasteiger charge is -2.32. The molecule has 88 valence electrons. The van der Waals surface area contributed by atoms with Crippen molar-refractivity contribution in [1.29, 1.82) is 5.41 Å². The van der Waals surface area contributed by atoms with Gasteiger partial charge in [-0.3, -0.25) is 5.41 Å². The molecule has 1 aliphatic heterocycles. The van der Waals surface area contributed by atoms with Gasteiger partial charge in [-0.05, 0) is 53.0 Å². The molecule has 1 fully saturated rings. The number of hydrogen-bond donors (Lipinski definition) is 2. The van der Waals surface area contributed by atoms with E-state index in [1.54, 1.807) is 0 Å². The molecule has 0 spiro atoms. The van der Waals surface area contributed by atoms with Crippen LogP contribution in [0.25, 0.3) is 0 Å². The maximum Gasteiger partial charge on any atom is 0.0949 e. The van der Waals surface area contributed by atoms with E-state index in [9.17, 15) is 0 Å². The van der Waals surface area contributed by atoms with E-state index < -0.39 is 0 Å². The first-order chi connectivity index (χ1) is 7.09. The van der Waals surface area contributed by atoms with Crippen molar-refractivity contribution < 1.29 is 0 Å². The summed E-state index contributed by atoms with van der Waals surface area (Å²) in [5.41, 5.74) is 5.55. The standard InChI is InChI=1S/C11H24N4/c1-14(2)6-4-8-15-7-3-5-10(9-15)11(12)13/h10H,3-9H2,1-2H3,(H3,12,13). The van der Waals surface area contributed by atoms with Gasteiger partial charge in [0.25, 0.3) is 0 Å². The number of piperidine rings is 1. The molecule has 4 nitrogen and oxygen atoms in total. The smallest absolute Gasteiger partial charge is 0.0949 e. The maximum absolute atomic E-state index is 7.47. The summed E-state index contributed by atoms with van der Waals surface area (Å²) in [5.74, 6) is 0.672. The molecular weight excluding hydrogens is 188 g/mol. The van der Waals surface area contributed by atoms with Crippen LogP contribution in [0.1, 0.15) is 19.3 Å². The van der Waals surface area contributed by atoms with Crippen LogP contribution in [0.15, 0.2) is 0 Å². The fraction of sp³-hybridized carbons (Fsp3) is 0.909. The Labute approximate surface area is 92.9 Å². The van der Waals surface area contributed by atoms with Gasteiger partial charge < -0.3 is 15.5 Å². The first-order valence-corrected chi connectivity index (χ1v) is 5.80. The van der Waals surface area contributed by atoms with Gasteiger partial charge in [0.2, 0.25) is 0 Å². The van der Waals surface area contributed by atoms with Crippen LogP contribution in [-0.2, 0) is 0 Å². The van der Waals surface area contributed by atoms with E-state index in [2.05, 4.69) is 23.9 Å². The molecule has 1 heterocycles. The molecule has 0 aliphatic carbocycles. The lowest BCUT2D eigenvalue weighted by Crippen LogP contribution is -2.41. The van der Waals surface area contributed by atoms with Gasteiger partial charge in [0.1, 0.15) is 0 Å².